The van der Waals surface area contributed by atoms with Gasteiger partial charge in [-0.05, 0) is 42.9 Å². The molecule has 1 saturated heterocycles. The van der Waals surface area contributed by atoms with Crippen LogP contribution in [0.25, 0.3) is 0 Å². The van der Waals surface area contributed by atoms with Crippen LogP contribution in [0, 0.1) is 0 Å². The van der Waals surface area contributed by atoms with Crippen molar-refractivity contribution in [3.8, 4) is 0 Å². The number of piperidine rings is 1. The normalized spacial score (nSPS) is 19.1. The highest BCUT2D eigenvalue weighted by Gasteiger charge is 2.33. The number of carbonyl (C=O) groups is 1. The number of benzene rings is 1. The molecule has 1 atom stereocenters. The highest BCUT2D eigenvalue weighted by molar-refractivity contribution is 9.10. The van der Waals surface area contributed by atoms with Crippen LogP contribution in [0.1, 0.15) is 32.3 Å². The van der Waals surface area contributed by atoms with Crippen LogP contribution in [0.3, 0.4) is 0 Å². The molecule has 1 unspecified atom stereocenters. The second kappa shape index (κ2) is 6.77. The smallest absolute Gasteiger partial charge is 0.317 e. The standard InChI is InChI=1S/C16H22BrFN2O/c1-12(11-18)19-15(21)20-9-7-16(2,8-10-20)13-3-5-14(17)6-4-13/h3-6,12H,7-11H2,1-2H3,(H,19,21). The van der Waals surface area contributed by atoms with Crippen molar-refractivity contribution < 1.29 is 9.18 Å². The molecule has 1 aliphatic heterocycles. The van der Waals surface area contributed by atoms with E-state index in [0.717, 1.165) is 17.3 Å². The molecule has 21 heavy (non-hydrogen) atoms. The first-order valence-electron chi connectivity index (χ1n) is 7.32. The van der Waals surface area contributed by atoms with Gasteiger partial charge in [0.15, 0.2) is 0 Å². The highest BCUT2D eigenvalue weighted by Crippen LogP contribution is 2.35. The van der Waals surface area contributed by atoms with Crippen molar-refractivity contribution in [2.45, 2.75) is 38.1 Å². The molecule has 0 spiro atoms. The molecule has 116 valence electrons. The number of alkyl halides is 1. The van der Waals surface area contributed by atoms with Gasteiger partial charge in [-0.3, -0.25) is 0 Å². The van der Waals surface area contributed by atoms with Crippen molar-refractivity contribution in [3.63, 3.8) is 0 Å². The predicted octanol–water partition coefficient (Wildman–Crippen LogP) is 3.87. The van der Waals surface area contributed by atoms with Gasteiger partial charge in [-0.1, -0.05) is 35.0 Å². The van der Waals surface area contributed by atoms with Crippen molar-refractivity contribution >= 4 is 22.0 Å². The number of amides is 2. The molecule has 1 aromatic carbocycles. The van der Waals surface area contributed by atoms with Gasteiger partial charge < -0.3 is 10.2 Å². The van der Waals surface area contributed by atoms with Gasteiger partial charge in [0.25, 0.3) is 0 Å². The van der Waals surface area contributed by atoms with Crippen molar-refractivity contribution in [2.75, 3.05) is 19.8 Å². The fourth-order valence-corrected chi connectivity index (χ4v) is 2.95. The number of urea groups is 1. The number of nitrogens with one attached hydrogen (secondary N) is 1. The summed E-state index contributed by atoms with van der Waals surface area (Å²) in [5.74, 6) is 0. The van der Waals surface area contributed by atoms with E-state index in [4.69, 9.17) is 0 Å². The summed E-state index contributed by atoms with van der Waals surface area (Å²) in [5, 5.41) is 2.68. The molecule has 2 amide bonds. The third-order valence-electron chi connectivity index (χ3n) is 4.30. The summed E-state index contributed by atoms with van der Waals surface area (Å²) in [6.07, 6.45) is 1.85. The SMILES string of the molecule is CC(CF)NC(=O)N1CCC(C)(c2ccc(Br)cc2)CC1. The predicted molar refractivity (Wildman–Crippen MR) is 86.3 cm³/mol. The average Bonchev–Trinajstić information content (AvgIpc) is 2.48. The minimum absolute atomic E-state index is 0.100. The molecule has 0 bridgehead atoms. The summed E-state index contributed by atoms with van der Waals surface area (Å²) in [7, 11) is 0. The molecule has 1 aliphatic rings. The van der Waals surface area contributed by atoms with Gasteiger partial charge in [0, 0.05) is 17.6 Å². The Morgan fingerprint density at radius 1 is 1.38 bits per heavy atom. The quantitative estimate of drug-likeness (QED) is 0.875. The van der Waals surface area contributed by atoms with E-state index in [0.29, 0.717) is 13.1 Å². The van der Waals surface area contributed by atoms with Crippen molar-refractivity contribution in [2.24, 2.45) is 0 Å². The number of halogens is 2. The van der Waals surface area contributed by atoms with Crippen molar-refractivity contribution in [3.05, 3.63) is 34.3 Å². The molecule has 0 saturated carbocycles. The Labute approximate surface area is 134 Å². The van der Waals surface area contributed by atoms with E-state index >= 15 is 0 Å². The molecular weight excluding hydrogens is 335 g/mol. The Balaban J connectivity index is 1.96. The molecule has 1 fully saturated rings. The summed E-state index contributed by atoms with van der Waals surface area (Å²) in [4.78, 5) is 13.8. The third kappa shape index (κ3) is 3.96. The largest absolute Gasteiger partial charge is 0.333 e. The van der Waals surface area contributed by atoms with E-state index in [-0.39, 0.29) is 11.4 Å². The van der Waals surface area contributed by atoms with Gasteiger partial charge in [-0.25, -0.2) is 9.18 Å². The second-order valence-electron chi connectivity index (χ2n) is 6.06. The maximum atomic E-state index is 12.5. The Morgan fingerprint density at radius 2 is 1.95 bits per heavy atom. The zero-order valence-corrected chi connectivity index (χ0v) is 14.1. The second-order valence-corrected chi connectivity index (χ2v) is 6.98. The number of carbonyl (C=O) groups excluding carboxylic acids is 1. The lowest BCUT2D eigenvalue weighted by Gasteiger charge is -2.40. The summed E-state index contributed by atoms with van der Waals surface area (Å²) < 4.78 is 13.5. The molecular formula is C16H22BrFN2O. The van der Waals surface area contributed by atoms with E-state index in [1.54, 1.807) is 11.8 Å². The molecule has 0 aliphatic carbocycles. The van der Waals surface area contributed by atoms with Crippen LogP contribution in [0.15, 0.2) is 28.7 Å². The zero-order chi connectivity index (χ0) is 15.5. The minimum atomic E-state index is -0.532. The number of likely N-dealkylation sites (tertiary alicyclic amines) is 1. The average molecular weight is 357 g/mol. The molecule has 5 heteroatoms. The molecule has 3 nitrogen and oxygen atoms in total. The summed E-state index contributed by atoms with van der Waals surface area (Å²) in [6.45, 7) is 4.80. The number of rotatable bonds is 3. The summed E-state index contributed by atoms with van der Waals surface area (Å²) >= 11 is 3.45. The molecule has 1 N–H and O–H groups in total. The maximum absolute atomic E-state index is 12.5. The Bertz CT molecular complexity index is 484. The van der Waals surface area contributed by atoms with E-state index in [2.05, 4.69) is 52.4 Å². The topological polar surface area (TPSA) is 32.3 Å². The number of hydrogen-bond donors (Lipinski definition) is 1. The molecule has 0 radical (unpaired) electrons. The summed E-state index contributed by atoms with van der Waals surface area (Å²) in [6, 6.07) is 7.83. The van der Waals surface area contributed by atoms with Gasteiger partial charge in [0.1, 0.15) is 6.67 Å². The van der Waals surface area contributed by atoms with E-state index in [1.807, 2.05) is 0 Å². The van der Waals surface area contributed by atoms with Crippen LogP contribution in [-0.4, -0.2) is 36.7 Å². The van der Waals surface area contributed by atoms with Gasteiger partial charge in [-0.2, -0.15) is 0 Å². The maximum Gasteiger partial charge on any atom is 0.317 e. The first-order valence-corrected chi connectivity index (χ1v) is 8.11. The Hall–Kier alpha value is -1.10. The number of nitrogens with zero attached hydrogens (tertiary/aromatic N) is 1. The molecule has 2 rings (SSSR count). The Morgan fingerprint density at radius 3 is 2.48 bits per heavy atom. The fourth-order valence-electron chi connectivity index (χ4n) is 2.68. The van der Waals surface area contributed by atoms with Crippen LogP contribution in [0.4, 0.5) is 9.18 Å². The Kier molecular flexibility index (Phi) is 5.25. The lowest BCUT2D eigenvalue weighted by molar-refractivity contribution is 0.159. The summed E-state index contributed by atoms with van der Waals surface area (Å²) in [5.41, 5.74) is 1.41. The van der Waals surface area contributed by atoms with E-state index < -0.39 is 12.7 Å². The first-order chi connectivity index (χ1) is 9.94. The first kappa shape index (κ1) is 16.3. The lowest BCUT2D eigenvalue weighted by atomic mass is 9.74. The number of hydrogen-bond acceptors (Lipinski definition) is 1. The van der Waals surface area contributed by atoms with Gasteiger partial charge in [-0.15, -0.1) is 0 Å². The van der Waals surface area contributed by atoms with Crippen LogP contribution >= 0.6 is 15.9 Å². The zero-order valence-electron chi connectivity index (χ0n) is 12.5. The molecule has 1 aromatic rings. The van der Waals surface area contributed by atoms with Gasteiger partial charge >= 0.3 is 6.03 Å². The fraction of sp³-hybridized carbons (Fsp3) is 0.562. The van der Waals surface area contributed by atoms with Gasteiger partial charge in [0.2, 0.25) is 0 Å². The third-order valence-corrected chi connectivity index (χ3v) is 4.83. The van der Waals surface area contributed by atoms with E-state index in [1.165, 1.54) is 5.56 Å². The van der Waals surface area contributed by atoms with Crippen LogP contribution in [0.2, 0.25) is 0 Å². The van der Waals surface area contributed by atoms with Gasteiger partial charge in [0.05, 0.1) is 6.04 Å². The van der Waals surface area contributed by atoms with Crippen molar-refractivity contribution in [1.82, 2.24) is 10.2 Å². The van der Waals surface area contributed by atoms with Crippen LogP contribution < -0.4 is 5.32 Å². The molecule has 1 heterocycles. The van der Waals surface area contributed by atoms with Crippen LogP contribution in [0.5, 0.6) is 0 Å². The minimum Gasteiger partial charge on any atom is -0.333 e. The lowest BCUT2D eigenvalue weighted by Crippen LogP contribution is -2.50. The van der Waals surface area contributed by atoms with Crippen molar-refractivity contribution in [1.29, 1.82) is 0 Å². The monoisotopic (exact) mass is 356 g/mol. The molecule has 0 aromatic heterocycles. The van der Waals surface area contributed by atoms with E-state index in [9.17, 15) is 9.18 Å². The highest BCUT2D eigenvalue weighted by atomic mass is 79.9. The van der Waals surface area contributed by atoms with Crippen LogP contribution in [-0.2, 0) is 5.41 Å².